The highest BCUT2D eigenvalue weighted by molar-refractivity contribution is 6.30. The number of hydrogen-bond acceptors (Lipinski definition) is 3. The molecule has 1 N–H and O–H groups in total. The third-order valence-electron chi connectivity index (χ3n) is 5.86. The molecule has 1 atom stereocenters. The number of imide groups is 1. The second-order valence-corrected chi connectivity index (χ2v) is 7.88. The summed E-state index contributed by atoms with van der Waals surface area (Å²) in [6, 6.07) is 7.71. The Bertz CT molecular complexity index is 666. The summed E-state index contributed by atoms with van der Waals surface area (Å²) in [5.41, 5.74) is 1.17. The Morgan fingerprint density at radius 1 is 1.12 bits per heavy atom. The number of piperidine rings is 1. The van der Waals surface area contributed by atoms with Crippen molar-refractivity contribution in [2.45, 2.75) is 25.3 Å². The minimum absolute atomic E-state index is 0.0201. The number of amides is 3. The van der Waals surface area contributed by atoms with Gasteiger partial charge in [0.05, 0.1) is 39.3 Å². The summed E-state index contributed by atoms with van der Waals surface area (Å²) in [4.78, 5) is 32.1. The van der Waals surface area contributed by atoms with E-state index in [9.17, 15) is 9.59 Å². The van der Waals surface area contributed by atoms with Crippen molar-refractivity contribution in [2.24, 2.45) is 0 Å². The number of nitrogens with zero attached hydrogens (tertiary/aromatic N) is 3. The number of carbonyl (C=O) groups is 2. The van der Waals surface area contributed by atoms with E-state index in [4.69, 9.17) is 11.6 Å². The minimum atomic E-state index is -0.189. The quantitative estimate of drug-likeness (QED) is 0.792. The van der Waals surface area contributed by atoms with Gasteiger partial charge in [-0.3, -0.25) is 9.69 Å². The topological polar surface area (TPSA) is 48.3 Å². The number of halogens is 1. The number of urea groups is 1. The molecule has 1 aromatic rings. The molecule has 6 nitrogen and oxygen atoms in total. The summed E-state index contributed by atoms with van der Waals surface area (Å²) in [6.45, 7) is 6.06. The Morgan fingerprint density at radius 3 is 2.65 bits per heavy atom. The zero-order chi connectivity index (χ0) is 18.1. The van der Waals surface area contributed by atoms with Crippen molar-refractivity contribution in [2.75, 3.05) is 50.7 Å². The maximum atomic E-state index is 12.5. The highest BCUT2D eigenvalue weighted by atomic mass is 35.5. The highest BCUT2D eigenvalue weighted by Crippen LogP contribution is 2.26. The molecule has 1 aromatic carbocycles. The van der Waals surface area contributed by atoms with Crippen LogP contribution in [0.1, 0.15) is 19.3 Å². The normalized spacial score (nSPS) is 24.3. The second kappa shape index (κ2) is 7.45. The monoisotopic (exact) mass is 377 g/mol. The van der Waals surface area contributed by atoms with Crippen LogP contribution < -0.4 is 9.80 Å². The summed E-state index contributed by atoms with van der Waals surface area (Å²) < 4.78 is 0. The first-order valence-electron chi connectivity index (χ1n) is 9.59. The first kappa shape index (κ1) is 17.6. The molecule has 3 aliphatic heterocycles. The molecule has 7 heteroatoms. The summed E-state index contributed by atoms with van der Waals surface area (Å²) in [6.07, 6.45) is 2.89. The lowest BCUT2D eigenvalue weighted by Gasteiger charge is -2.34. The molecular weight excluding hydrogens is 352 g/mol. The number of quaternary nitrogens is 1. The van der Waals surface area contributed by atoms with Gasteiger partial charge in [0.15, 0.2) is 0 Å². The number of nitrogens with one attached hydrogen (secondary N) is 1. The van der Waals surface area contributed by atoms with Crippen molar-refractivity contribution in [1.29, 1.82) is 0 Å². The number of anilines is 1. The van der Waals surface area contributed by atoms with Gasteiger partial charge < -0.3 is 14.7 Å². The third kappa shape index (κ3) is 3.40. The summed E-state index contributed by atoms with van der Waals surface area (Å²) in [7, 11) is 0. The maximum absolute atomic E-state index is 12.5. The third-order valence-corrected chi connectivity index (χ3v) is 6.10. The summed E-state index contributed by atoms with van der Waals surface area (Å²) >= 11 is 6.09. The van der Waals surface area contributed by atoms with E-state index in [0.717, 1.165) is 63.6 Å². The number of hydrogen-bond donors (Lipinski definition) is 1. The van der Waals surface area contributed by atoms with E-state index in [1.807, 2.05) is 18.2 Å². The van der Waals surface area contributed by atoms with Crippen LogP contribution in [-0.4, -0.2) is 73.6 Å². The van der Waals surface area contributed by atoms with Crippen LogP contribution in [0.2, 0.25) is 5.02 Å². The molecule has 140 valence electrons. The first-order valence-corrected chi connectivity index (χ1v) is 9.97. The van der Waals surface area contributed by atoms with Crippen molar-refractivity contribution in [3.63, 3.8) is 0 Å². The van der Waals surface area contributed by atoms with E-state index in [2.05, 4.69) is 11.0 Å². The average molecular weight is 378 g/mol. The van der Waals surface area contributed by atoms with Gasteiger partial charge in [-0.15, -0.1) is 0 Å². The standard InChI is InChI=1S/C19H25ClN4O2/c20-15-4-3-5-16(14-15)22-11-8-21(9-12-22)10-13-24-18(25)17-6-1-2-7-23(17)19(24)26/h3-5,14,17H,1-2,6-13H2/p+1/t17-/m0/s1. The van der Waals surface area contributed by atoms with Gasteiger partial charge in [0.2, 0.25) is 0 Å². The lowest BCUT2D eigenvalue weighted by Crippen LogP contribution is -3.15. The SMILES string of the molecule is O=C1[C@@H]2CCCCN2C(=O)N1CC[NH+]1CCN(c2cccc(Cl)c2)CC1. The molecular formula is C19H26ClN4O2+. The Labute approximate surface area is 159 Å². The molecule has 0 aromatic heterocycles. The van der Waals surface area contributed by atoms with Gasteiger partial charge >= 0.3 is 6.03 Å². The van der Waals surface area contributed by atoms with Crippen molar-refractivity contribution < 1.29 is 14.5 Å². The van der Waals surface area contributed by atoms with Crippen LogP contribution in [0.25, 0.3) is 0 Å². The van der Waals surface area contributed by atoms with Crippen LogP contribution in [0.15, 0.2) is 24.3 Å². The van der Waals surface area contributed by atoms with Crippen molar-refractivity contribution in [1.82, 2.24) is 9.80 Å². The molecule has 3 amide bonds. The fourth-order valence-corrected chi connectivity index (χ4v) is 4.51. The summed E-state index contributed by atoms with van der Waals surface area (Å²) in [5, 5.41) is 0.764. The second-order valence-electron chi connectivity index (χ2n) is 7.44. The number of benzene rings is 1. The van der Waals surface area contributed by atoms with Crippen LogP contribution in [0.3, 0.4) is 0 Å². The molecule has 26 heavy (non-hydrogen) atoms. The molecule has 4 rings (SSSR count). The molecule has 3 heterocycles. The van der Waals surface area contributed by atoms with Crippen molar-refractivity contribution >= 4 is 29.2 Å². The Morgan fingerprint density at radius 2 is 1.92 bits per heavy atom. The first-order chi connectivity index (χ1) is 12.6. The lowest BCUT2D eigenvalue weighted by atomic mass is 10.0. The van der Waals surface area contributed by atoms with E-state index >= 15 is 0 Å². The number of carbonyl (C=O) groups excluding carboxylic acids is 2. The van der Waals surface area contributed by atoms with Gasteiger partial charge in [0.1, 0.15) is 6.04 Å². The largest absolute Gasteiger partial charge is 0.360 e. The minimum Gasteiger partial charge on any atom is -0.360 e. The number of piperazine rings is 1. The van der Waals surface area contributed by atoms with Crippen LogP contribution in [0.5, 0.6) is 0 Å². The molecule has 0 saturated carbocycles. The zero-order valence-corrected chi connectivity index (χ0v) is 15.7. The smallest absolute Gasteiger partial charge is 0.327 e. The summed E-state index contributed by atoms with van der Waals surface area (Å²) in [5.74, 6) is 0.0201. The predicted octanol–water partition coefficient (Wildman–Crippen LogP) is 0.862. The lowest BCUT2D eigenvalue weighted by molar-refractivity contribution is -0.899. The Balaban J connectivity index is 1.29. The van der Waals surface area contributed by atoms with Gasteiger partial charge in [-0.25, -0.2) is 4.79 Å². The van der Waals surface area contributed by atoms with Crippen LogP contribution in [0.4, 0.5) is 10.5 Å². The van der Waals surface area contributed by atoms with E-state index < -0.39 is 0 Å². The maximum Gasteiger partial charge on any atom is 0.327 e. The fourth-order valence-electron chi connectivity index (χ4n) is 4.33. The molecule has 3 fully saturated rings. The molecule has 0 spiro atoms. The van der Waals surface area contributed by atoms with Crippen LogP contribution >= 0.6 is 11.6 Å². The molecule has 3 aliphatic rings. The molecule has 0 aliphatic carbocycles. The van der Waals surface area contributed by atoms with Gasteiger partial charge in [-0.1, -0.05) is 17.7 Å². The Hall–Kier alpha value is -1.79. The van der Waals surface area contributed by atoms with Crippen molar-refractivity contribution in [3.8, 4) is 0 Å². The predicted molar refractivity (Wildman–Crippen MR) is 101 cm³/mol. The van der Waals surface area contributed by atoms with E-state index in [0.29, 0.717) is 6.54 Å². The Kier molecular flexibility index (Phi) is 5.05. The van der Waals surface area contributed by atoms with Crippen LogP contribution in [-0.2, 0) is 4.79 Å². The van der Waals surface area contributed by atoms with Gasteiger partial charge in [-0.2, -0.15) is 0 Å². The van der Waals surface area contributed by atoms with Crippen LogP contribution in [0, 0.1) is 0 Å². The van der Waals surface area contributed by atoms with Crippen molar-refractivity contribution in [3.05, 3.63) is 29.3 Å². The van der Waals surface area contributed by atoms with E-state index in [-0.39, 0.29) is 18.0 Å². The molecule has 3 saturated heterocycles. The zero-order valence-electron chi connectivity index (χ0n) is 15.0. The average Bonchev–Trinajstić information content (AvgIpc) is 2.91. The molecule has 0 bridgehead atoms. The molecule has 0 radical (unpaired) electrons. The molecule has 0 unspecified atom stereocenters. The number of rotatable bonds is 4. The number of fused-ring (bicyclic) bond motifs is 1. The van der Waals surface area contributed by atoms with E-state index in [1.165, 1.54) is 15.5 Å². The van der Waals surface area contributed by atoms with Gasteiger partial charge in [0, 0.05) is 17.3 Å². The highest BCUT2D eigenvalue weighted by Gasteiger charge is 2.45. The van der Waals surface area contributed by atoms with E-state index in [1.54, 1.807) is 4.90 Å². The van der Waals surface area contributed by atoms with Gasteiger partial charge in [-0.05, 0) is 37.5 Å². The van der Waals surface area contributed by atoms with Gasteiger partial charge in [0.25, 0.3) is 5.91 Å². The fraction of sp³-hybridized carbons (Fsp3) is 0.579.